The highest BCUT2D eigenvalue weighted by molar-refractivity contribution is 14.1. The van der Waals surface area contributed by atoms with Crippen molar-refractivity contribution >= 4 is 33.5 Å². The maximum Gasteiger partial charge on any atom is 0.202 e. The average molecular weight is 299 g/mol. The second-order valence-electron chi connectivity index (χ2n) is 3.39. The van der Waals surface area contributed by atoms with Gasteiger partial charge in [-0.2, -0.15) is 0 Å². The Morgan fingerprint density at radius 3 is 2.71 bits per heavy atom. The second kappa shape index (κ2) is 3.38. The summed E-state index contributed by atoms with van der Waals surface area (Å²) < 4.78 is 0.778. The first kappa shape index (κ1) is 9.71. The number of para-hydroxylation sites is 1. The fraction of sp³-hybridized carbons (Fsp3) is 0.182. The normalized spacial score (nSPS) is 10.8. The van der Waals surface area contributed by atoms with Crippen molar-refractivity contribution in [3.63, 3.8) is 0 Å². The first-order chi connectivity index (χ1) is 6.61. The number of benzene rings is 1. The molecule has 0 spiro atoms. The first-order valence-electron chi connectivity index (χ1n) is 4.39. The third-order valence-corrected chi connectivity index (χ3v) is 3.66. The summed E-state index contributed by atoms with van der Waals surface area (Å²) in [6.07, 6.45) is 0. The van der Waals surface area contributed by atoms with Gasteiger partial charge in [-0.15, -0.1) is 0 Å². The highest BCUT2D eigenvalue weighted by Gasteiger charge is 2.06. The molecular formula is C11H10INO. The quantitative estimate of drug-likeness (QED) is 0.746. The van der Waals surface area contributed by atoms with Crippen LogP contribution in [0.4, 0.5) is 0 Å². The van der Waals surface area contributed by atoms with Crippen LogP contribution in [-0.4, -0.2) is 4.98 Å². The molecule has 0 aliphatic heterocycles. The van der Waals surface area contributed by atoms with Gasteiger partial charge in [0, 0.05) is 11.1 Å². The van der Waals surface area contributed by atoms with Crippen LogP contribution in [0.1, 0.15) is 11.3 Å². The number of H-pyrrole nitrogens is 1. The van der Waals surface area contributed by atoms with Crippen LogP contribution in [0.25, 0.3) is 10.9 Å². The number of nitrogens with one attached hydrogen (secondary N) is 1. The lowest BCUT2D eigenvalue weighted by Crippen LogP contribution is -2.10. The van der Waals surface area contributed by atoms with E-state index in [-0.39, 0.29) is 5.43 Å². The van der Waals surface area contributed by atoms with Crippen molar-refractivity contribution in [2.24, 2.45) is 0 Å². The van der Waals surface area contributed by atoms with E-state index in [1.54, 1.807) is 0 Å². The van der Waals surface area contributed by atoms with Gasteiger partial charge in [0.15, 0.2) is 0 Å². The van der Waals surface area contributed by atoms with Crippen LogP contribution in [0.2, 0.25) is 0 Å². The molecule has 72 valence electrons. The Labute approximate surface area is 95.5 Å². The van der Waals surface area contributed by atoms with Crippen LogP contribution >= 0.6 is 22.6 Å². The monoisotopic (exact) mass is 299 g/mol. The van der Waals surface area contributed by atoms with Gasteiger partial charge in [-0.3, -0.25) is 4.79 Å². The molecule has 1 heterocycles. The number of halogens is 1. The van der Waals surface area contributed by atoms with Gasteiger partial charge in [0.2, 0.25) is 5.43 Å². The van der Waals surface area contributed by atoms with Crippen LogP contribution in [0.3, 0.4) is 0 Å². The number of fused-ring (bicyclic) bond motifs is 1. The first-order valence-corrected chi connectivity index (χ1v) is 5.47. The summed E-state index contributed by atoms with van der Waals surface area (Å²) in [7, 11) is 0. The van der Waals surface area contributed by atoms with Crippen molar-refractivity contribution in [3.8, 4) is 0 Å². The molecule has 0 bridgehead atoms. The lowest BCUT2D eigenvalue weighted by molar-refractivity contribution is 1.20. The van der Waals surface area contributed by atoms with E-state index in [4.69, 9.17) is 0 Å². The minimum Gasteiger partial charge on any atom is -0.357 e. The summed E-state index contributed by atoms with van der Waals surface area (Å²) in [6.45, 7) is 3.93. The number of pyridine rings is 1. The zero-order chi connectivity index (χ0) is 10.3. The molecule has 0 saturated heterocycles. The van der Waals surface area contributed by atoms with Gasteiger partial charge in [-0.1, -0.05) is 12.1 Å². The van der Waals surface area contributed by atoms with E-state index in [2.05, 4.69) is 27.6 Å². The van der Waals surface area contributed by atoms with Gasteiger partial charge < -0.3 is 4.98 Å². The van der Waals surface area contributed by atoms with E-state index in [1.165, 1.54) is 0 Å². The molecule has 2 rings (SSSR count). The van der Waals surface area contributed by atoms with Gasteiger partial charge in [-0.05, 0) is 48.1 Å². The van der Waals surface area contributed by atoms with Crippen LogP contribution in [0, 0.1) is 17.4 Å². The fourth-order valence-corrected chi connectivity index (χ4v) is 1.98. The number of hydrogen-bond donors (Lipinski definition) is 1. The van der Waals surface area contributed by atoms with E-state index < -0.39 is 0 Å². The average Bonchev–Trinajstić information content (AvgIpc) is 2.17. The topological polar surface area (TPSA) is 32.9 Å². The maximum absolute atomic E-state index is 11.9. The van der Waals surface area contributed by atoms with Crippen molar-refractivity contribution in [1.82, 2.24) is 4.98 Å². The third-order valence-electron chi connectivity index (χ3n) is 2.36. The fourth-order valence-electron chi connectivity index (χ4n) is 1.55. The molecule has 3 heteroatoms. The molecular weight excluding hydrogens is 289 g/mol. The summed E-state index contributed by atoms with van der Waals surface area (Å²) in [6, 6.07) is 5.78. The molecule has 0 atom stereocenters. The Kier molecular flexibility index (Phi) is 2.34. The lowest BCUT2D eigenvalue weighted by Gasteiger charge is -2.04. The van der Waals surface area contributed by atoms with Crippen LogP contribution in [0.15, 0.2) is 23.0 Å². The Balaban J connectivity index is 3.06. The van der Waals surface area contributed by atoms with Crippen molar-refractivity contribution in [2.45, 2.75) is 13.8 Å². The van der Waals surface area contributed by atoms with E-state index in [9.17, 15) is 4.79 Å². The van der Waals surface area contributed by atoms with Crippen molar-refractivity contribution < 1.29 is 0 Å². The summed E-state index contributed by atoms with van der Waals surface area (Å²) in [5, 5.41) is 0.778. The zero-order valence-electron chi connectivity index (χ0n) is 8.02. The van der Waals surface area contributed by atoms with Gasteiger partial charge in [0.1, 0.15) is 0 Å². The van der Waals surface area contributed by atoms with Gasteiger partial charge in [-0.25, -0.2) is 0 Å². The van der Waals surface area contributed by atoms with E-state index in [1.807, 2.05) is 32.0 Å². The molecule has 1 aromatic heterocycles. The standard InChI is InChI=1S/C11H10INO/c1-6-4-3-5-8-10(6)13-7(2)9(12)11(8)14/h3-5H,1-2H3,(H,13,14). The Bertz CT molecular complexity index is 557. The Morgan fingerprint density at radius 2 is 2.00 bits per heavy atom. The van der Waals surface area contributed by atoms with Gasteiger partial charge in [0.25, 0.3) is 0 Å². The zero-order valence-corrected chi connectivity index (χ0v) is 10.2. The maximum atomic E-state index is 11.9. The molecule has 2 aromatic rings. The van der Waals surface area contributed by atoms with E-state index in [0.29, 0.717) is 0 Å². The highest BCUT2D eigenvalue weighted by atomic mass is 127. The molecule has 0 saturated carbocycles. The van der Waals surface area contributed by atoms with Crippen molar-refractivity contribution in [1.29, 1.82) is 0 Å². The van der Waals surface area contributed by atoms with Gasteiger partial charge >= 0.3 is 0 Å². The number of hydrogen-bond acceptors (Lipinski definition) is 1. The van der Waals surface area contributed by atoms with Crippen molar-refractivity contribution in [3.05, 3.63) is 43.2 Å². The summed E-state index contributed by atoms with van der Waals surface area (Å²) in [4.78, 5) is 15.1. The van der Waals surface area contributed by atoms with Gasteiger partial charge in [0.05, 0.1) is 9.09 Å². The molecule has 0 radical (unpaired) electrons. The minimum absolute atomic E-state index is 0.126. The summed E-state index contributed by atoms with van der Waals surface area (Å²) in [5.74, 6) is 0. The molecule has 0 amide bonds. The molecule has 1 N–H and O–H groups in total. The van der Waals surface area contributed by atoms with Crippen LogP contribution in [0.5, 0.6) is 0 Å². The molecule has 0 fully saturated rings. The van der Waals surface area contributed by atoms with Crippen LogP contribution < -0.4 is 5.43 Å². The predicted octanol–water partition coefficient (Wildman–Crippen LogP) is 2.75. The molecule has 0 aliphatic carbocycles. The second-order valence-corrected chi connectivity index (χ2v) is 4.47. The summed E-state index contributed by atoms with van der Waals surface area (Å²) in [5.41, 5.74) is 3.13. The Morgan fingerprint density at radius 1 is 1.29 bits per heavy atom. The van der Waals surface area contributed by atoms with E-state index in [0.717, 1.165) is 25.7 Å². The molecule has 14 heavy (non-hydrogen) atoms. The highest BCUT2D eigenvalue weighted by Crippen LogP contribution is 2.15. The Hall–Kier alpha value is -0.840. The number of aromatic nitrogens is 1. The van der Waals surface area contributed by atoms with Crippen molar-refractivity contribution in [2.75, 3.05) is 0 Å². The molecule has 0 aliphatic rings. The van der Waals surface area contributed by atoms with E-state index >= 15 is 0 Å². The number of rotatable bonds is 0. The minimum atomic E-state index is 0.126. The predicted molar refractivity (Wildman–Crippen MR) is 66.8 cm³/mol. The molecule has 0 unspecified atom stereocenters. The molecule has 2 nitrogen and oxygen atoms in total. The SMILES string of the molecule is Cc1[nH]c2c(C)cccc2c(=O)c1I. The summed E-state index contributed by atoms with van der Waals surface area (Å²) >= 11 is 2.08. The molecule has 1 aromatic carbocycles. The van der Waals surface area contributed by atoms with Crippen LogP contribution in [-0.2, 0) is 0 Å². The lowest BCUT2D eigenvalue weighted by atomic mass is 10.1. The smallest absolute Gasteiger partial charge is 0.202 e. The third kappa shape index (κ3) is 1.35. The number of aromatic amines is 1. The largest absolute Gasteiger partial charge is 0.357 e. The number of aryl methyl sites for hydroxylation is 2.